The molecule has 0 bridgehead atoms. The Morgan fingerprint density at radius 3 is 2.50 bits per heavy atom. The highest BCUT2D eigenvalue weighted by Gasteiger charge is 2.07. The first kappa shape index (κ1) is 14.3. The van der Waals surface area contributed by atoms with Crippen molar-refractivity contribution in [2.75, 3.05) is 23.3 Å². The molecule has 0 amide bonds. The van der Waals surface area contributed by atoms with E-state index in [1.807, 2.05) is 25.1 Å². The lowest BCUT2D eigenvalue weighted by atomic mass is 10.2. The van der Waals surface area contributed by atoms with E-state index in [0.29, 0.717) is 6.54 Å². The Bertz CT molecular complexity index is 540. The quantitative estimate of drug-likeness (QED) is 0.870. The lowest BCUT2D eigenvalue weighted by molar-refractivity contribution is 0.627. The van der Waals surface area contributed by atoms with Crippen LogP contribution >= 0.6 is 0 Å². The van der Waals surface area contributed by atoms with E-state index in [1.54, 1.807) is 12.1 Å². The van der Waals surface area contributed by atoms with Gasteiger partial charge in [-0.15, -0.1) is 0 Å². The van der Waals surface area contributed by atoms with Gasteiger partial charge in [-0.3, -0.25) is 0 Å². The lowest BCUT2D eigenvalue weighted by Crippen LogP contribution is -2.22. The monoisotopic (exact) mass is 273 g/mol. The molecule has 2 rings (SSSR count). The Morgan fingerprint density at radius 1 is 1.10 bits per heavy atom. The van der Waals surface area contributed by atoms with Gasteiger partial charge in [-0.1, -0.05) is 6.07 Å². The van der Waals surface area contributed by atoms with Crippen LogP contribution in [0, 0.1) is 5.82 Å². The molecule has 0 aliphatic carbocycles. The van der Waals surface area contributed by atoms with Crippen LogP contribution < -0.4 is 10.2 Å². The van der Waals surface area contributed by atoms with Gasteiger partial charge in [0.1, 0.15) is 11.6 Å². The molecule has 0 saturated carbocycles. The molecule has 1 aromatic carbocycles. The van der Waals surface area contributed by atoms with Crippen molar-refractivity contribution < 1.29 is 4.39 Å². The van der Waals surface area contributed by atoms with Gasteiger partial charge in [0, 0.05) is 18.8 Å². The number of halogens is 1. The number of aromatic nitrogens is 1. The molecule has 1 N–H and O–H groups in total. The zero-order valence-corrected chi connectivity index (χ0v) is 11.9. The fourth-order valence-corrected chi connectivity index (χ4v) is 2.08. The number of nitrogens with one attached hydrogen (secondary N) is 1. The molecule has 2 aromatic rings. The van der Waals surface area contributed by atoms with Crippen LogP contribution in [-0.4, -0.2) is 18.1 Å². The summed E-state index contributed by atoms with van der Waals surface area (Å²) in [5, 5.41) is 3.21. The lowest BCUT2D eigenvalue weighted by Gasteiger charge is -2.23. The van der Waals surface area contributed by atoms with Crippen molar-refractivity contribution in [3.8, 4) is 0 Å². The second kappa shape index (κ2) is 6.89. The third kappa shape index (κ3) is 3.70. The highest BCUT2D eigenvalue weighted by Crippen LogP contribution is 2.17. The van der Waals surface area contributed by atoms with Gasteiger partial charge in [-0.05, 0) is 50.2 Å². The SMILES string of the molecule is CCNc1cccc(CN(CC)c2ccc(F)cc2)n1. The number of hydrogen-bond acceptors (Lipinski definition) is 3. The minimum atomic E-state index is -0.211. The Kier molecular flexibility index (Phi) is 4.93. The predicted octanol–water partition coefficient (Wildman–Crippen LogP) is 3.68. The van der Waals surface area contributed by atoms with Crippen LogP contribution in [0.2, 0.25) is 0 Å². The molecular formula is C16H20FN3. The third-order valence-corrected chi connectivity index (χ3v) is 3.09. The van der Waals surface area contributed by atoms with E-state index in [4.69, 9.17) is 0 Å². The van der Waals surface area contributed by atoms with Crippen LogP contribution in [0.25, 0.3) is 0 Å². The summed E-state index contributed by atoms with van der Waals surface area (Å²) < 4.78 is 13.0. The summed E-state index contributed by atoms with van der Waals surface area (Å²) in [4.78, 5) is 6.73. The van der Waals surface area contributed by atoms with E-state index >= 15 is 0 Å². The number of nitrogens with zero attached hydrogens (tertiary/aromatic N) is 2. The Morgan fingerprint density at radius 2 is 1.85 bits per heavy atom. The molecule has 0 aliphatic heterocycles. The molecule has 0 atom stereocenters. The second-order valence-electron chi connectivity index (χ2n) is 4.54. The molecule has 0 aliphatic rings. The largest absolute Gasteiger partial charge is 0.370 e. The molecule has 106 valence electrons. The van der Waals surface area contributed by atoms with Crippen LogP contribution in [0.3, 0.4) is 0 Å². The van der Waals surface area contributed by atoms with Crippen molar-refractivity contribution in [1.82, 2.24) is 4.98 Å². The molecule has 0 spiro atoms. The van der Waals surface area contributed by atoms with Crippen molar-refractivity contribution in [3.63, 3.8) is 0 Å². The fourth-order valence-electron chi connectivity index (χ4n) is 2.08. The van der Waals surface area contributed by atoms with Crippen molar-refractivity contribution in [2.45, 2.75) is 20.4 Å². The third-order valence-electron chi connectivity index (χ3n) is 3.09. The molecule has 4 heteroatoms. The number of pyridine rings is 1. The van der Waals surface area contributed by atoms with E-state index < -0.39 is 0 Å². The maximum Gasteiger partial charge on any atom is 0.126 e. The maximum atomic E-state index is 13.0. The summed E-state index contributed by atoms with van der Waals surface area (Å²) in [6.07, 6.45) is 0. The van der Waals surface area contributed by atoms with Gasteiger partial charge in [0.05, 0.1) is 12.2 Å². The van der Waals surface area contributed by atoms with Crippen LogP contribution in [0.1, 0.15) is 19.5 Å². The molecule has 20 heavy (non-hydrogen) atoms. The summed E-state index contributed by atoms with van der Waals surface area (Å²) >= 11 is 0. The van der Waals surface area contributed by atoms with Gasteiger partial charge >= 0.3 is 0 Å². The Labute approximate surface area is 119 Å². The fraction of sp³-hybridized carbons (Fsp3) is 0.312. The summed E-state index contributed by atoms with van der Waals surface area (Å²) in [7, 11) is 0. The van der Waals surface area contributed by atoms with Gasteiger partial charge in [0.25, 0.3) is 0 Å². The highest BCUT2D eigenvalue weighted by atomic mass is 19.1. The first-order chi connectivity index (χ1) is 9.72. The minimum Gasteiger partial charge on any atom is -0.370 e. The molecule has 0 fully saturated rings. The first-order valence-electron chi connectivity index (χ1n) is 6.93. The van der Waals surface area contributed by atoms with E-state index in [0.717, 1.165) is 30.3 Å². The van der Waals surface area contributed by atoms with Crippen LogP contribution in [0.4, 0.5) is 15.9 Å². The van der Waals surface area contributed by atoms with Gasteiger partial charge in [0.15, 0.2) is 0 Å². The van der Waals surface area contributed by atoms with E-state index in [9.17, 15) is 4.39 Å². The van der Waals surface area contributed by atoms with Crippen molar-refractivity contribution in [2.24, 2.45) is 0 Å². The Balaban J connectivity index is 2.13. The topological polar surface area (TPSA) is 28.2 Å². The zero-order chi connectivity index (χ0) is 14.4. The number of hydrogen-bond donors (Lipinski definition) is 1. The van der Waals surface area contributed by atoms with Crippen molar-refractivity contribution in [3.05, 3.63) is 54.0 Å². The van der Waals surface area contributed by atoms with E-state index in [-0.39, 0.29) is 5.82 Å². The number of rotatable bonds is 6. The average Bonchev–Trinajstić information content (AvgIpc) is 2.47. The van der Waals surface area contributed by atoms with Crippen molar-refractivity contribution in [1.29, 1.82) is 0 Å². The molecule has 0 radical (unpaired) electrons. The number of anilines is 2. The second-order valence-corrected chi connectivity index (χ2v) is 4.54. The summed E-state index contributed by atoms with van der Waals surface area (Å²) in [5.74, 6) is 0.678. The van der Waals surface area contributed by atoms with Crippen LogP contribution in [0.15, 0.2) is 42.5 Å². The highest BCUT2D eigenvalue weighted by molar-refractivity contribution is 5.47. The first-order valence-corrected chi connectivity index (χ1v) is 6.93. The molecule has 0 saturated heterocycles. The average molecular weight is 273 g/mol. The van der Waals surface area contributed by atoms with Gasteiger partial charge in [-0.25, -0.2) is 9.37 Å². The van der Waals surface area contributed by atoms with E-state index in [2.05, 4.69) is 22.1 Å². The van der Waals surface area contributed by atoms with Crippen LogP contribution in [0.5, 0.6) is 0 Å². The van der Waals surface area contributed by atoms with Gasteiger partial charge in [0.2, 0.25) is 0 Å². The van der Waals surface area contributed by atoms with E-state index in [1.165, 1.54) is 12.1 Å². The molecule has 1 heterocycles. The maximum absolute atomic E-state index is 13.0. The Hall–Kier alpha value is -2.10. The van der Waals surface area contributed by atoms with Crippen LogP contribution in [-0.2, 0) is 6.54 Å². The predicted molar refractivity (Wildman–Crippen MR) is 81.5 cm³/mol. The van der Waals surface area contributed by atoms with Gasteiger partial charge in [-0.2, -0.15) is 0 Å². The molecule has 3 nitrogen and oxygen atoms in total. The molecular weight excluding hydrogens is 253 g/mol. The smallest absolute Gasteiger partial charge is 0.126 e. The zero-order valence-electron chi connectivity index (χ0n) is 11.9. The normalized spacial score (nSPS) is 10.3. The molecule has 0 unspecified atom stereocenters. The van der Waals surface area contributed by atoms with Gasteiger partial charge < -0.3 is 10.2 Å². The summed E-state index contributed by atoms with van der Waals surface area (Å²) in [6.45, 7) is 6.54. The standard InChI is InChI=1S/C16H20FN3/c1-3-18-16-7-5-6-14(19-16)12-20(4-2)15-10-8-13(17)9-11-15/h5-11H,3-4,12H2,1-2H3,(H,18,19). The number of benzene rings is 1. The molecule has 1 aromatic heterocycles. The summed E-state index contributed by atoms with van der Waals surface area (Å²) in [5.41, 5.74) is 2.00. The summed E-state index contributed by atoms with van der Waals surface area (Å²) in [6, 6.07) is 12.5. The van der Waals surface area contributed by atoms with Crippen molar-refractivity contribution >= 4 is 11.5 Å². The minimum absolute atomic E-state index is 0.211.